The average Bonchev–Trinajstić information content (AvgIpc) is 2.83. The highest BCUT2D eigenvalue weighted by molar-refractivity contribution is 7.91. The molecular weight excluding hydrogens is 460 g/mol. The minimum atomic E-state index is -3.69. The van der Waals surface area contributed by atoms with E-state index in [2.05, 4.69) is 10.6 Å². The lowest BCUT2D eigenvalue weighted by Crippen LogP contribution is -2.24. The van der Waals surface area contributed by atoms with Gasteiger partial charge in [-0.05, 0) is 71.6 Å². The summed E-state index contributed by atoms with van der Waals surface area (Å²) in [5.41, 5.74) is 4.27. The lowest BCUT2D eigenvalue weighted by atomic mass is 10.0. The molecule has 0 radical (unpaired) electrons. The SMILES string of the molecule is COc1cccc(CNCc2ccc(S(=O)(=O)c3cc4c(cc3OC)CCNC4)cc2)c1.Cl. The van der Waals surface area contributed by atoms with Crippen molar-refractivity contribution in [1.29, 1.82) is 0 Å². The number of sulfone groups is 1. The summed E-state index contributed by atoms with van der Waals surface area (Å²) in [7, 11) is -0.526. The lowest BCUT2D eigenvalue weighted by Gasteiger charge is -2.20. The van der Waals surface area contributed by atoms with E-state index in [0.29, 0.717) is 25.4 Å². The summed E-state index contributed by atoms with van der Waals surface area (Å²) in [5.74, 6) is 1.22. The summed E-state index contributed by atoms with van der Waals surface area (Å²) >= 11 is 0. The molecule has 2 N–H and O–H groups in total. The minimum Gasteiger partial charge on any atom is -0.497 e. The van der Waals surface area contributed by atoms with Crippen LogP contribution >= 0.6 is 12.4 Å². The first kappa shape index (κ1) is 25.1. The van der Waals surface area contributed by atoms with Crippen LogP contribution in [0.4, 0.5) is 0 Å². The van der Waals surface area contributed by atoms with Crippen molar-refractivity contribution in [3.63, 3.8) is 0 Å². The fraction of sp³-hybridized carbons (Fsp3) is 0.280. The van der Waals surface area contributed by atoms with Gasteiger partial charge in [-0.25, -0.2) is 8.42 Å². The van der Waals surface area contributed by atoms with Crippen LogP contribution in [0.1, 0.15) is 22.3 Å². The topological polar surface area (TPSA) is 76.7 Å². The fourth-order valence-corrected chi connectivity index (χ4v) is 5.36. The van der Waals surface area contributed by atoms with Crippen LogP contribution in [0.5, 0.6) is 11.5 Å². The van der Waals surface area contributed by atoms with Gasteiger partial charge in [0.05, 0.1) is 19.1 Å². The fourth-order valence-electron chi connectivity index (χ4n) is 3.90. The van der Waals surface area contributed by atoms with Crippen molar-refractivity contribution in [2.75, 3.05) is 20.8 Å². The lowest BCUT2D eigenvalue weighted by molar-refractivity contribution is 0.401. The van der Waals surface area contributed by atoms with Gasteiger partial charge in [-0.2, -0.15) is 0 Å². The van der Waals surface area contributed by atoms with Gasteiger partial charge in [0.1, 0.15) is 16.4 Å². The second kappa shape index (κ2) is 11.0. The van der Waals surface area contributed by atoms with Gasteiger partial charge >= 0.3 is 0 Å². The number of benzene rings is 3. The quantitative estimate of drug-likeness (QED) is 0.501. The first-order valence-electron chi connectivity index (χ1n) is 10.6. The van der Waals surface area contributed by atoms with Crippen molar-refractivity contribution in [3.8, 4) is 11.5 Å². The summed E-state index contributed by atoms with van der Waals surface area (Å²) in [4.78, 5) is 0.474. The van der Waals surface area contributed by atoms with E-state index in [1.807, 2.05) is 42.5 Å². The molecule has 3 aromatic rings. The maximum absolute atomic E-state index is 13.3. The Hall–Kier alpha value is -2.58. The minimum absolute atomic E-state index is 0. The molecule has 6 nitrogen and oxygen atoms in total. The predicted molar refractivity (Wildman–Crippen MR) is 131 cm³/mol. The van der Waals surface area contributed by atoms with E-state index in [9.17, 15) is 8.42 Å². The van der Waals surface area contributed by atoms with Crippen molar-refractivity contribution in [3.05, 3.63) is 82.9 Å². The van der Waals surface area contributed by atoms with E-state index in [4.69, 9.17) is 9.47 Å². The summed E-state index contributed by atoms with van der Waals surface area (Å²) in [6.45, 7) is 2.87. The summed E-state index contributed by atoms with van der Waals surface area (Å²) in [6, 6.07) is 18.5. The van der Waals surface area contributed by atoms with Gasteiger partial charge in [-0.3, -0.25) is 0 Å². The molecule has 0 spiro atoms. The Morgan fingerprint density at radius 3 is 2.39 bits per heavy atom. The number of hydrogen-bond acceptors (Lipinski definition) is 6. The van der Waals surface area contributed by atoms with Gasteiger partial charge < -0.3 is 20.1 Å². The Labute approximate surface area is 201 Å². The molecule has 1 aliphatic rings. The maximum Gasteiger partial charge on any atom is 0.210 e. The van der Waals surface area contributed by atoms with Gasteiger partial charge in [-0.1, -0.05) is 24.3 Å². The number of fused-ring (bicyclic) bond motifs is 1. The third kappa shape index (κ3) is 5.68. The number of rotatable bonds is 8. The highest BCUT2D eigenvalue weighted by Gasteiger charge is 2.25. The third-order valence-corrected chi connectivity index (χ3v) is 7.48. The Bertz CT molecular complexity index is 1200. The zero-order chi connectivity index (χ0) is 22.6. The molecule has 0 aromatic heterocycles. The highest BCUT2D eigenvalue weighted by atomic mass is 35.5. The molecule has 3 aromatic carbocycles. The van der Waals surface area contributed by atoms with Gasteiger partial charge in [0, 0.05) is 19.6 Å². The van der Waals surface area contributed by atoms with Gasteiger partial charge in [-0.15, -0.1) is 12.4 Å². The molecule has 1 aliphatic heterocycles. The Morgan fingerprint density at radius 1 is 0.909 bits per heavy atom. The average molecular weight is 489 g/mol. The van der Waals surface area contributed by atoms with E-state index in [-0.39, 0.29) is 22.2 Å². The molecule has 33 heavy (non-hydrogen) atoms. The summed E-state index contributed by atoms with van der Waals surface area (Å²) < 4.78 is 37.4. The normalized spacial score (nSPS) is 13.0. The molecule has 0 unspecified atom stereocenters. The largest absolute Gasteiger partial charge is 0.497 e. The predicted octanol–water partition coefficient (Wildman–Crippen LogP) is 3.89. The van der Waals surface area contributed by atoms with E-state index in [1.165, 1.54) is 7.11 Å². The summed E-state index contributed by atoms with van der Waals surface area (Å²) in [6.07, 6.45) is 0.865. The van der Waals surface area contributed by atoms with Crippen molar-refractivity contribution >= 4 is 22.2 Å². The van der Waals surface area contributed by atoms with Crippen molar-refractivity contribution < 1.29 is 17.9 Å². The number of hydrogen-bond donors (Lipinski definition) is 2. The first-order chi connectivity index (χ1) is 15.5. The number of nitrogens with one attached hydrogen (secondary N) is 2. The van der Waals surface area contributed by atoms with Crippen molar-refractivity contribution in [1.82, 2.24) is 10.6 Å². The molecule has 0 bridgehead atoms. The molecule has 1 heterocycles. The molecule has 0 saturated carbocycles. The Kier molecular flexibility index (Phi) is 8.37. The maximum atomic E-state index is 13.3. The van der Waals surface area contributed by atoms with Crippen molar-refractivity contribution in [2.45, 2.75) is 35.8 Å². The van der Waals surface area contributed by atoms with Crippen LogP contribution in [0.25, 0.3) is 0 Å². The van der Waals surface area contributed by atoms with Gasteiger partial charge in [0.2, 0.25) is 9.84 Å². The first-order valence-corrected chi connectivity index (χ1v) is 12.1. The molecule has 0 atom stereocenters. The molecule has 0 aliphatic carbocycles. The molecule has 176 valence electrons. The van der Waals surface area contributed by atoms with E-state index >= 15 is 0 Å². The third-order valence-electron chi connectivity index (χ3n) is 5.69. The molecule has 4 rings (SSSR count). The van der Waals surface area contributed by atoms with Crippen LogP contribution in [-0.4, -0.2) is 29.2 Å². The van der Waals surface area contributed by atoms with Crippen LogP contribution in [-0.2, 0) is 35.9 Å². The number of methoxy groups -OCH3 is 2. The monoisotopic (exact) mass is 488 g/mol. The molecule has 0 amide bonds. The van der Waals surface area contributed by atoms with Crippen LogP contribution in [0, 0.1) is 0 Å². The van der Waals surface area contributed by atoms with E-state index < -0.39 is 9.84 Å². The van der Waals surface area contributed by atoms with Gasteiger partial charge in [0.15, 0.2) is 0 Å². The van der Waals surface area contributed by atoms with Crippen LogP contribution in [0.3, 0.4) is 0 Å². The smallest absolute Gasteiger partial charge is 0.210 e. The molecular formula is C25H29ClN2O4S. The molecule has 8 heteroatoms. The second-order valence-electron chi connectivity index (χ2n) is 7.80. The Balaban J connectivity index is 0.00000306. The number of ether oxygens (including phenoxy) is 2. The van der Waals surface area contributed by atoms with Crippen molar-refractivity contribution in [2.24, 2.45) is 0 Å². The van der Waals surface area contributed by atoms with Gasteiger partial charge in [0.25, 0.3) is 0 Å². The van der Waals surface area contributed by atoms with Crippen LogP contribution in [0.2, 0.25) is 0 Å². The van der Waals surface area contributed by atoms with Crippen LogP contribution in [0.15, 0.2) is 70.5 Å². The van der Waals surface area contributed by atoms with E-state index in [1.54, 1.807) is 25.3 Å². The molecule has 0 saturated heterocycles. The Morgan fingerprint density at radius 2 is 1.67 bits per heavy atom. The summed E-state index contributed by atoms with van der Waals surface area (Å²) in [5, 5.41) is 6.67. The standard InChI is InChI=1S/C25H28N2O4S.ClH/c1-30-22-5-3-4-19(12-22)16-27-15-18-6-8-23(9-7-18)32(28,29)25-14-21-17-26-11-10-20(21)13-24(25)31-2;/h3-9,12-14,26-27H,10-11,15-17H2,1-2H3;1H. The highest BCUT2D eigenvalue weighted by Crippen LogP contribution is 2.33. The molecule has 0 fully saturated rings. The zero-order valence-electron chi connectivity index (χ0n) is 18.8. The second-order valence-corrected chi connectivity index (χ2v) is 9.72. The van der Waals surface area contributed by atoms with E-state index in [0.717, 1.165) is 41.0 Å². The number of halogens is 1. The van der Waals surface area contributed by atoms with Crippen LogP contribution < -0.4 is 20.1 Å². The zero-order valence-corrected chi connectivity index (χ0v) is 20.4.